The Bertz CT molecular complexity index is 1220. The van der Waals surface area contributed by atoms with Crippen molar-refractivity contribution in [2.24, 2.45) is 10.7 Å². The van der Waals surface area contributed by atoms with Gasteiger partial charge in [0.1, 0.15) is 18.1 Å². The van der Waals surface area contributed by atoms with Gasteiger partial charge in [-0.3, -0.25) is 9.89 Å². The number of nitrogens with zero attached hydrogens (tertiary/aromatic N) is 4. The van der Waals surface area contributed by atoms with Crippen LogP contribution in [0, 0.1) is 11.8 Å². The number of carbonyl (C=O) groups is 3. The number of nitrogens with two attached hydrogens (primary N) is 1. The number of halogens is 1. The van der Waals surface area contributed by atoms with Crippen molar-refractivity contribution in [1.29, 1.82) is 0 Å². The van der Waals surface area contributed by atoms with Crippen molar-refractivity contribution in [3.05, 3.63) is 76.6 Å². The molecule has 0 radical (unpaired) electrons. The molecule has 0 saturated carbocycles. The van der Waals surface area contributed by atoms with Crippen LogP contribution in [0.15, 0.2) is 65.4 Å². The summed E-state index contributed by atoms with van der Waals surface area (Å²) in [6.07, 6.45) is 4.07. The molecule has 2 N–H and O–H groups in total. The first kappa shape index (κ1) is 29.1. The Kier molecular flexibility index (Phi) is 10.9. The lowest BCUT2D eigenvalue weighted by Crippen LogP contribution is -2.57. The Balaban J connectivity index is 2.33. The largest absolute Gasteiger partial charge is 0.403 e. The highest BCUT2D eigenvalue weighted by Crippen LogP contribution is 2.28. The van der Waals surface area contributed by atoms with Crippen molar-refractivity contribution in [2.75, 3.05) is 39.1 Å². The van der Waals surface area contributed by atoms with E-state index in [2.05, 4.69) is 16.8 Å². The van der Waals surface area contributed by atoms with Gasteiger partial charge in [-0.1, -0.05) is 41.6 Å². The molecule has 8 nitrogen and oxygen atoms in total. The molecule has 0 fully saturated rings. The van der Waals surface area contributed by atoms with Gasteiger partial charge in [0, 0.05) is 64.2 Å². The maximum Gasteiger partial charge on any atom is 0.325 e. The number of urea groups is 1. The summed E-state index contributed by atoms with van der Waals surface area (Å²) in [5, 5.41) is 0.323. The van der Waals surface area contributed by atoms with Crippen LogP contribution in [-0.2, 0) is 9.59 Å². The van der Waals surface area contributed by atoms with E-state index in [-0.39, 0.29) is 13.0 Å². The molecule has 2 aromatic rings. The van der Waals surface area contributed by atoms with E-state index in [9.17, 15) is 14.4 Å². The molecule has 194 valence electrons. The summed E-state index contributed by atoms with van der Waals surface area (Å²) in [5.74, 6) is 6.14. The van der Waals surface area contributed by atoms with Gasteiger partial charge in [-0.05, 0) is 37.3 Å². The van der Waals surface area contributed by atoms with Crippen LogP contribution in [0.5, 0.6) is 0 Å². The van der Waals surface area contributed by atoms with Gasteiger partial charge in [-0.2, -0.15) is 0 Å². The zero-order valence-electron chi connectivity index (χ0n) is 21.5. The van der Waals surface area contributed by atoms with Gasteiger partial charge in [-0.15, -0.1) is 0 Å². The van der Waals surface area contributed by atoms with E-state index in [4.69, 9.17) is 17.3 Å². The van der Waals surface area contributed by atoms with Crippen molar-refractivity contribution in [3.63, 3.8) is 0 Å². The molecule has 9 heteroatoms. The summed E-state index contributed by atoms with van der Waals surface area (Å²) in [7, 11) is 4.98. The number of hydrogen-bond acceptors (Lipinski definition) is 6. The third-order valence-electron chi connectivity index (χ3n) is 5.85. The number of allylic oxidation sites excluding steroid dienone is 1. The van der Waals surface area contributed by atoms with Gasteiger partial charge in [-0.25, -0.2) is 4.79 Å². The van der Waals surface area contributed by atoms with Gasteiger partial charge in [0.05, 0.1) is 16.4 Å². The molecule has 1 unspecified atom stereocenters. The van der Waals surface area contributed by atoms with Gasteiger partial charge in [0.2, 0.25) is 0 Å². The van der Waals surface area contributed by atoms with Crippen LogP contribution in [0.25, 0.3) is 0 Å². The van der Waals surface area contributed by atoms with Gasteiger partial charge in [0.15, 0.2) is 0 Å². The molecular formula is C28H32ClN5O3. The van der Waals surface area contributed by atoms with Gasteiger partial charge >= 0.3 is 6.03 Å². The number of hydrogen-bond donors (Lipinski definition) is 1. The van der Waals surface area contributed by atoms with Crippen LogP contribution in [0.3, 0.4) is 0 Å². The Morgan fingerprint density at radius 2 is 1.76 bits per heavy atom. The van der Waals surface area contributed by atoms with Crippen LogP contribution in [0.4, 0.5) is 10.5 Å². The molecule has 2 rings (SSSR count). The fourth-order valence-corrected chi connectivity index (χ4v) is 3.85. The third-order valence-corrected chi connectivity index (χ3v) is 6.15. The van der Waals surface area contributed by atoms with Gasteiger partial charge < -0.3 is 25.1 Å². The number of aliphatic imine (C=N–C) groups is 1. The number of anilines is 1. The molecule has 2 aromatic carbocycles. The first-order valence-corrected chi connectivity index (χ1v) is 12.0. The SMILES string of the molecule is CN=CC(=CN)N(C)CCN(C(=O)N(C)c1ccc(C#Cc2ccccc2)cc1Cl)C(C)(C=O)CC=O. The zero-order chi connectivity index (χ0) is 27.4. The molecule has 0 aliphatic rings. The molecule has 37 heavy (non-hydrogen) atoms. The highest BCUT2D eigenvalue weighted by molar-refractivity contribution is 6.33. The normalized spacial score (nSPS) is 12.7. The second kappa shape index (κ2) is 13.9. The summed E-state index contributed by atoms with van der Waals surface area (Å²) in [4.78, 5) is 45.6. The average Bonchev–Trinajstić information content (AvgIpc) is 2.90. The van der Waals surface area contributed by atoms with Crippen molar-refractivity contribution >= 4 is 42.1 Å². The molecule has 0 aromatic heterocycles. The molecule has 0 bridgehead atoms. The van der Waals surface area contributed by atoms with E-state index in [1.54, 1.807) is 57.4 Å². The Hall–Kier alpha value is -4.09. The van der Waals surface area contributed by atoms with E-state index >= 15 is 0 Å². The molecule has 0 aliphatic heterocycles. The lowest BCUT2D eigenvalue weighted by Gasteiger charge is -2.39. The fourth-order valence-electron chi connectivity index (χ4n) is 3.55. The number of carbonyl (C=O) groups excluding carboxylic acids is 3. The quantitative estimate of drug-likeness (QED) is 0.293. The van der Waals surface area contributed by atoms with E-state index in [1.807, 2.05) is 30.3 Å². The van der Waals surface area contributed by atoms with E-state index in [0.717, 1.165) is 5.56 Å². The number of amides is 2. The Morgan fingerprint density at radius 3 is 2.32 bits per heavy atom. The topological polar surface area (TPSA) is 99.3 Å². The second-order valence-corrected chi connectivity index (χ2v) is 8.93. The predicted molar refractivity (Wildman–Crippen MR) is 149 cm³/mol. The zero-order valence-corrected chi connectivity index (χ0v) is 22.3. The first-order valence-electron chi connectivity index (χ1n) is 11.6. The van der Waals surface area contributed by atoms with Gasteiger partial charge in [0.25, 0.3) is 0 Å². The van der Waals surface area contributed by atoms with Crippen molar-refractivity contribution in [2.45, 2.75) is 18.9 Å². The van der Waals surface area contributed by atoms with E-state index in [1.165, 1.54) is 16.0 Å². The molecule has 0 spiro atoms. The van der Waals surface area contributed by atoms with E-state index in [0.29, 0.717) is 41.1 Å². The fraction of sp³-hybridized carbons (Fsp3) is 0.286. The van der Waals surface area contributed by atoms with Crippen LogP contribution < -0.4 is 10.6 Å². The van der Waals surface area contributed by atoms with Crippen molar-refractivity contribution in [1.82, 2.24) is 9.80 Å². The minimum atomic E-state index is -1.35. The standard InChI is InChI=1S/C28H32ClN5O3/c1-28(21-36,14-17-35)34(16-15-32(3)24(19-30)20-31-2)27(37)33(4)26-13-12-23(18-25(26)29)11-10-22-8-6-5-7-9-22/h5-9,12-13,17-21H,14-16,30H2,1-4H3. The smallest absolute Gasteiger partial charge is 0.325 e. The molecule has 2 amide bonds. The molecule has 0 heterocycles. The Labute approximate surface area is 223 Å². The number of rotatable bonds is 10. The highest BCUT2D eigenvalue weighted by Gasteiger charge is 2.37. The van der Waals surface area contributed by atoms with Crippen LogP contribution in [0.2, 0.25) is 5.02 Å². The van der Waals surface area contributed by atoms with Crippen molar-refractivity contribution < 1.29 is 14.4 Å². The predicted octanol–water partition coefficient (Wildman–Crippen LogP) is 3.58. The summed E-state index contributed by atoms with van der Waals surface area (Å²) in [6, 6.07) is 14.2. The highest BCUT2D eigenvalue weighted by atomic mass is 35.5. The first-order chi connectivity index (χ1) is 17.7. The summed E-state index contributed by atoms with van der Waals surface area (Å²) >= 11 is 6.54. The van der Waals surface area contributed by atoms with Crippen molar-refractivity contribution in [3.8, 4) is 11.8 Å². The van der Waals surface area contributed by atoms with Crippen LogP contribution >= 0.6 is 11.6 Å². The number of likely N-dealkylation sites (N-methyl/N-ethyl adjacent to an activating group) is 1. The van der Waals surface area contributed by atoms with Crippen LogP contribution in [-0.4, -0.2) is 74.4 Å². The van der Waals surface area contributed by atoms with Crippen LogP contribution in [0.1, 0.15) is 24.5 Å². The lowest BCUT2D eigenvalue weighted by molar-refractivity contribution is -0.120. The average molecular weight is 522 g/mol. The lowest BCUT2D eigenvalue weighted by atomic mass is 9.98. The molecule has 1 atom stereocenters. The number of benzene rings is 2. The Morgan fingerprint density at radius 1 is 1.08 bits per heavy atom. The molecular weight excluding hydrogens is 490 g/mol. The minimum absolute atomic E-state index is 0.135. The summed E-state index contributed by atoms with van der Waals surface area (Å²) < 4.78 is 0. The summed E-state index contributed by atoms with van der Waals surface area (Å²) in [5.41, 5.74) is 6.97. The maximum atomic E-state index is 13.7. The second-order valence-electron chi connectivity index (χ2n) is 8.52. The van der Waals surface area contributed by atoms with E-state index < -0.39 is 11.6 Å². The maximum absolute atomic E-state index is 13.7. The minimum Gasteiger partial charge on any atom is -0.403 e. The third kappa shape index (κ3) is 7.69. The molecule has 0 aliphatic carbocycles. The summed E-state index contributed by atoms with van der Waals surface area (Å²) in [6.45, 7) is 2.02. The monoisotopic (exact) mass is 521 g/mol. The number of aldehydes is 2. The molecule has 0 saturated heterocycles.